The van der Waals surface area contributed by atoms with E-state index in [9.17, 15) is 15.3 Å². The van der Waals surface area contributed by atoms with Gasteiger partial charge in [-0.3, -0.25) is 4.79 Å². The summed E-state index contributed by atoms with van der Waals surface area (Å²) in [6.07, 6.45) is 13.6. The number of methoxy groups -OCH3 is 1. The number of anilines is 1. The Morgan fingerprint density at radius 1 is 0.898 bits per heavy atom. The summed E-state index contributed by atoms with van der Waals surface area (Å²) in [4.78, 5) is 27.1. The fraction of sp³-hybridized carbons (Fsp3) is 0.310. The predicted octanol–water partition coefficient (Wildman–Crippen LogP) is 14.2. The van der Waals surface area contributed by atoms with Crippen molar-refractivity contribution in [2.24, 2.45) is 40.1 Å². The second-order valence-electron chi connectivity index (χ2n) is 28.2. The molecule has 3 fully saturated rings. The van der Waals surface area contributed by atoms with Crippen LogP contribution in [0.1, 0.15) is 96.0 Å². The Balaban J connectivity index is 0.897. The summed E-state index contributed by atoms with van der Waals surface area (Å²) < 4.78 is 27.2. The number of ether oxygens (including phenoxy) is 3. The number of piperazine rings is 1. The number of nitrogens with two attached hydrogens (primary N) is 2. The number of aromatic nitrogens is 1. The average molecular weight is 1300 g/mol. The topological polar surface area (TPSA) is 214 Å². The van der Waals surface area contributed by atoms with Gasteiger partial charge < -0.3 is 60.6 Å². The van der Waals surface area contributed by atoms with Gasteiger partial charge in [-0.05, 0) is 165 Å². The number of aromatic hydroxyl groups is 1. The molecule has 17 rings (SSSR count). The SMILES string of the molecule is COc1c2c(c3oc(-c4ccc(O)cc4)cc(=O)c3c1OCCC(O)C=Cc1ccccc1)CCc1cccc(c1)-c1cc3[nH]c1N1CCNCC1C1(CC4c5c(ccc6cc7ccccc7cc56)C=CC4C1C#CCC1CCCC31C)c1ccc(c(N=C(N)N)c1)CC(CO)CO2. The average Bonchev–Trinajstić information content (AvgIpc) is 1.52. The highest BCUT2D eigenvalue weighted by Crippen LogP contribution is 2.63. The highest BCUT2D eigenvalue weighted by Gasteiger charge is 2.60. The lowest BCUT2D eigenvalue weighted by Crippen LogP contribution is -2.62. The van der Waals surface area contributed by atoms with Crippen molar-refractivity contribution in [1.82, 2.24) is 10.3 Å². The number of aliphatic hydroxyl groups excluding tert-OH is 2. The number of aryl methyl sites for hydroxylation is 2. The summed E-state index contributed by atoms with van der Waals surface area (Å²) in [5.74, 6) is 9.94. The first-order chi connectivity index (χ1) is 47.8. The van der Waals surface area contributed by atoms with Crippen molar-refractivity contribution in [3.05, 3.63) is 225 Å². The van der Waals surface area contributed by atoms with E-state index in [1.54, 1.807) is 30.3 Å². The van der Waals surface area contributed by atoms with Crippen molar-refractivity contribution >= 4 is 62.1 Å². The molecular formula is C84H82N6O8. The zero-order chi connectivity index (χ0) is 66.8. The van der Waals surface area contributed by atoms with Crippen LogP contribution < -0.4 is 41.3 Å². The van der Waals surface area contributed by atoms with Gasteiger partial charge in [0.05, 0.1) is 38.2 Å². The van der Waals surface area contributed by atoms with Crippen molar-refractivity contribution in [2.75, 3.05) is 51.5 Å². The van der Waals surface area contributed by atoms with Crippen LogP contribution in [0.4, 0.5) is 11.5 Å². The summed E-state index contributed by atoms with van der Waals surface area (Å²) in [6, 6.07) is 53.6. The Morgan fingerprint density at radius 2 is 1.73 bits per heavy atom. The Labute approximate surface area is 570 Å². The number of phenolic OH excluding ortho intramolecular Hbond substituents is 1. The Kier molecular flexibility index (Phi) is 16.5. The van der Waals surface area contributed by atoms with E-state index in [0.717, 1.165) is 84.4 Å². The number of phenols is 1. The second-order valence-corrected chi connectivity index (χ2v) is 28.2. The third kappa shape index (κ3) is 11.1. The maximum absolute atomic E-state index is 15.1. The molecule has 14 heteroatoms. The van der Waals surface area contributed by atoms with Crippen LogP contribution in [-0.2, 0) is 30.1 Å². The number of fused-ring (bicyclic) bond motifs is 17. The van der Waals surface area contributed by atoms with Crippen LogP contribution >= 0.6 is 0 Å². The van der Waals surface area contributed by atoms with E-state index in [4.69, 9.17) is 35.1 Å². The van der Waals surface area contributed by atoms with Gasteiger partial charge in [-0.15, -0.1) is 5.92 Å². The molecule has 98 heavy (non-hydrogen) atoms. The Hall–Kier alpha value is -10.0. The first-order valence-corrected chi connectivity index (χ1v) is 34.8. The maximum atomic E-state index is 15.1. The van der Waals surface area contributed by atoms with Crippen LogP contribution in [-0.4, -0.2) is 85.0 Å². The molecule has 9 N–H and O–H groups in total. The molecule has 1 spiro atoms. The first-order valence-electron chi connectivity index (χ1n) is 34.8. The highest BCUT2D eigenvalue weighted by molar-refractivity contribution is 6.01. The lowest BCUT2D eigenvalue weighted by atomic mass is 9.64. The van der Waals surface area contributed by atoms with E-state index in [2.05, 4.69) is 143 Å². The second kappa shape index (κ2) is 25.8. The smallest absolute Gasteiger partial charge is 0.204 e. The van der Waals surface area contributed by atoms with E-state index >= 15 is 4.79 Å². The number of rotatable bonds is 10. The number of hydrogen-bond donors (Lipinski definition) is 7. The summed E-state index contributed by atoms with van der Waals surface area (Å²) in [6.45, 7) is 4.35. The quantitative estimate of drug-likeness (QED) is 0.0295. The zero-order valence-corrected chi connectivity index (χ0v) is 55.4. The van der Waals surface area contributed by atoms with Gasteiger partial charge in [0.15, 0.2) is 22.9 Å². The van der Waals surface area contributed by atoms with Crippen molar-refractivity contribution < 1.29 is 33.9 Å². The molecule has 14 nitrogen and oxygen atoms in total. The molecule has 9 unspecified atom stereocenters. The fourth-order valence-corrected chi connectivity index (χ4v) is 17.6. The molecule has 1 saturated heterocycles. The molecule has 8 aromatic carbocycles. The number of allylic oxidation sites excluding steroid dienone is 1. The number of guanidine groups is 1. The van der Waals surface area contributed by atoms with E-state index in [0.29, 0.717) is 48.5 Å². The molecule has 2 saturated carbocycles. The minimum atomic E-state index is -0.885. The number of aromatic amines is 1. The summed E-state index contributed by atoms with van der Waals surface area (Å²) >= 11 is 0. The van der Waals surface area contributed by atoms with Gasteiger partial charge in [-0.25, -0.2) is 4.99 Å². The van der Waals surface area contributed by atoms with E-state index in [-0.39, 0.29) is 107 Å². The number of H-pyrrole nitrogens is 1. The van der Waals surface area contributed by atoms with Crippen LogP contribution in [0, 0.1) is 35.5 Å². The first kappa shape index (κ1) is 62.7. The van der Waals surface area contributed by atoms with Crippen LogP contribution in [0.2, 0.25) is 0 Å². The maximum Gasteiger partial charge on any atom is 0.204 e. The zero-order valence-electron chi connectivity index (χ0n) is 55.4. The number of aliphatic hydroxyl groups is 2. The molecule has 3 aliphatic carbocycles. The van der Waals surface area contributed by atoms with Crippen molar-refractivity contribution in [3.63, 3.8) is 0 Å². The van der Waals surface area contributed by atoms with Gasteiger partial charge in [-0.2, -0.15) is 0 Å². The lowest BCUT2D eigenvalue weighted by Gasteiger charge is -2.50. The van der Waals surface area contributed by atoms with E-state index in [1.807, 2.05) is 36.4 Å². The monoisotopic (exact) mass is 1300 g/mol. The van der Waals surface area contributed by atoms with Gasteiger partial charge in [0.1, 0.15) is 28.3 Å². The molecule has 9 atom stereocenters. The summed E-state index contributed by atoms with van der Waals surface area (Å²) in [7, 11) is 1.52. The predicted molar refractivity (Wildman–Crippen MR) is 391 cm³/mol. The molecule has 0 radical (unpaired) electrons. The number of nitrogens with one attached hydrogen (secondary N) is 2. The van der Waals surface area contributed by atoms with Gasteiger partial charge in [0.25, 0.3) is 0 Å². The number of hydrogen-bond acceptors (Lipinski definition) is 11. The van der Waals surface area contributed by atoms with Crippen molar-refractivity contribution in [2.45, 2.75) is 93.6 Å². The number of benzene rings is 8. The summed E-state index contributed by atoms with van der Waals surface area (Å²) in [5, 5.41) is 42.4. The minimum Gasteiger partial charge on any atom is -0.508 e. The highest BCUT2D eigenvalue weighted by atomic mass is 16.5. The standard InChI is InChI=1S/C84H82N6O8/c1-83-35-10-18-60(83)17-9-19-69-64-33-27-54-22-23-58-41-55-14-6-7-15-56(55)42-66(58)75(54)68(64)46-84(69)61-28-24-59(70(43-61)88-82(85)86)40-52(48-91)49-97-78-65(32-21-51-13-8-16-57(39-51)67-44-73(83)89-81(67)90-37-36-87-47-74(84)90)77-76(71(94)45-72(98-77)53-25-30-62(92)31-26-53)79(80(78)95-2)96-38-34-63(93)29-20-50-11-4-3-5-12-50/h3-8,11-16,20,22-31,33,39,41-45,52,60,63-64,68-69,74,87,89,91-93H,10,17-18,21,32,34-38,40,46-49H2,1-2H3,(H4,85,86,88). The number of nitrogens with zero attached hydrogens (tertiary/aromatic N) is 2. The van der Waals surface area contributed by atoms with Crippen LogP contribution in [0.3, 0.4) is 0 Å². The van der Waals surface area contributed by atoms with Crippen LogP contribution in [0.5, 0.6) is 23.0 Å². The lowest BCUT2D eigenvalue weighted by molar-refractivity contribution is 0.157. The largest absolute Gasteiger partial charge is 0.508 e. The Morgan fingerprint density at radius 3 is 2.56 bits per heavy atom. The minimum absolute atomic E-state index is 0.00901. The van der Waals surface area contributed by atoms with Crippen molar-refractivity contribution in [3.8, 4) is 57.3 Å². The molecule has 2 aromatic heterocycles. The van der Waals surface area contributed by atoms with Crippen LogP contribution in [0.25, 0.3) is 67.1 Å². The third-order valence-electron chi connectivity index (χ3n) is 22.6. The van der Waals surface area contributed by atoms with Gasteiger partial charge in [-0.1, -0.05) is 147 Å². The van der Waals surface area contributed by atoms with E-state index < -0.39 is 17.4 Å². The molecule has 7 bridgehead atoms. The molecule has 0 amide bonds. The van der Waals surface area contributed by atoms with E-state index in [1.165, 1.54) is 51.5 Å². The van der Waals surface area contributed by atoms with Crippen LogP contribution in [0.15, 0.2) is 184 Å². The van der Waals surface area contributed by atoms with Gasteiger partial charge in [0.2, 0.25) is 5.75 Å². The molecule has 496 valence electrons. The Bertz CT molecular complexity index is 4960. The normalized spacial score (nSPS) is 23.5. The molecule has 7 aliphatic rings. The fourth-order valence-electron chi connectivity index (χ4n) is 17.6. The molecule has 4 aliphatic heterocycles. The van der Waals surface area contributed by atoms with Gasteiger partial charge in [0, 0.05) is 90.2 Å². The molecule has 6 heterocycles. The van der Waals surface area contributed by atoms with Gasteiger partial charge >= 0.3 is 0 Å². The van der Waals surface area contributed by atoms with Crippen molar-refractivity contribution in [1.29, 1.82) is 0 Å². The summed E-state index contributed by atoms with van der Waals surface area (Å²) in [5.41, 5.74) is 23.8. The third-order valence-corrected chi connectivity index (χ3v) is 22.6. The molecule has 10 aromatic rings. The number of aliphatic imine (C=N–C) groups is 1. The molecular weight excluding hydrogens is 1220 g/mol.